The molecule has 10 heteroatoms. The van der Waals surface area contributed by atoms with E-state index in [1.165, 1.54) is 7.11 Å². The molecule has 5 N–H and O–H groups in total. The molecule has 0 unspecified atom stereocenters. The number of phenolic OH excluding ortho intramolecular Hbond substituents is 1. The molecule has 2 aromatic carbocycles. The molecule has 0 atom stereocenters. The second-order valence-corrected chi connectivity index (χ2v) is 7.65. The molecule has 0 saturated carbocycles. The van der Waals surface area contributed by atoms with Crippen LogP contribution in [0.2, 0.25) is 0 Å². The summed E-state index contributed by atoms with van der Waals surface area (Å²) in [5.41, 5.74) is 9.70. The first-order valence-corrected chi connectivity index (χ1v) is 12.3. The summed E-state index contributed by atoms with van der Waals surface area (Å²) in [5, 5.41) is 20.1. The van der Waals surface area contributed by atoms with Crippen molar-refractivity contribution >= 4 is 29.1 Å². The Balaban J connectivity index is 0.00000247. The van der Waals surface area contributed by atoms with Crippen LogP contribution in [0.15, 0.2) is 64.5 Å². The van der Waals surface area contributed by atoms with E-state index in [1.54, 1.807) is 49.5 Å². The van der Waals surface area contributed by atoms with Gasteiger partial charge >= 0.3 is 0 Å². The number of aliphatic imine (C=N–C) groups is 1. The average molecular weight is 521 g/mol. The van der Waals surface area contributed by atoms with Crippen LogP contribution in [0, 0.1) is 0 Å². The van der Waals surface area contributed by atoms with E-state index < -0.39 is 0 Å². The zero-order valence-corrected chi connectivity index (χ0v) is 22.5. The summed E-state index contributed by atoms with van der Waals surface area (Å²) in [4.78, 5) is 20.9. The summed E-state index contributed by atoms with van der Waals surface area (Å²) in [7, 11) is 1.54. The van der Waals surface area contributed by atoms with Gasteiger partial charge in [0.05, 0.1) is 25.0 Å². The van der Waals surface area contributed by atoms with Crippen LogP contribution in [0.1, 0.15) is 60.9 Å². The molecule has 0 spiro atoms. The van der Waals surface area contributed by atoms with Gasteiger partial charge in [0.25, 0.3) is 5.91 Å². The number of anilines is 2. The summed E-state index contributed by atoms with van der Waals surface area (Å²) < 4.78 is 10.4. The highest BCUT2D eigenvalue weighted by Crippen LogP contribution is 2.28. The minimum absolute atomic E-state index is 0.120. The first kappa shape index (κ1) is 29.6. The van der Waals surface area contributed by atoms with Crippen molar-refractivity contribution in [3.05, 3.63) is 83.3 Å². The molecular formula is C28H36N6O4. The number of nitrogens with zero attached hydrogens (tertiary/aromatic N) is 3. The molecule has 0 bridgehead atoms. The first-order chi connectivity index (χ1) is 18.4. The fourth-order valence-electron chi connectivity index (χ4n) is 3.40. The third-order valence-electron chi connectivity index (χ3n) is 5.27. The van der Waals surface area contributed by atoms with Gasteiger partial charge in [-0.3, -0.25) is 4.79 Å². The normalized spacial score (nSPS) is 11.3. The highest BCUT2D eigenvalue weighted by atomic mass is 16.5. The molecule has 0 radical (unpaired) electrons. The number of nitrogens with two attached hydrogens (primary N) is 1. The molecule has 3 rings (SSSR count). The van der Waals surface area contributed by atoms with E-state index in [4.69, 9.17) is 15.0 Å². The number of benzene rings is 2. The van der Waals surface area contributed by atoms with Crippen molar-refractivity contribution in [1.82, 2.24) is 15.5 Å². The van der Waals surface area contributed by atoms with Gasteiger partial charge in [0.1, 0.15) is 5.75 Å². The van der Waals surface area contributed by atoms with Crippen molar-refractivity contribution in [2.45, 2.75) is 47.2 Å². The number of carbonyl (C=O) groups excluding carboxylic acids is 1. The van der Waals surface area contributed by atoms with Gasteiger partial charge < -0.3 is 30.7 Å². The summed E-state index contributed by atoms with van der Waals surface area (Å²) in [6, 6.07) is 10.1. The smallest absolute Gasteiger partial charge is 0.251 e. The van der Waals surface area contributed by atoms with E-state index in [0.717, 1.165) is 5.56 Å². The van der Waals surface area contributed by atoms with Crippen molar-refractivity contribution in [1.29, 1.82) is 0 Å². The molecule has 3 aromatic rings. The Morgan fingerprint density at radius 1 is 1.21 bits per heavy atom. The van der Waals surface area contributed by atoms with Crippen LogP contribution in [0.5, 0.6) is 5.75 Å². The lowest BCUT2D eigenvalue weighted by Crippen LogP contribution is -2.23. The number of ether oxygens (including phenoxy) is 1. The molecule has 1 aromatic heterocycles. The van der Waals surface area contributed by atoms with Gasteiger partial charge in [-0.2, -0.15) is 4.98 Å². The lowest BCUT2D eigenvalue weighted by molar-refractivity contribution is 0.0949. The zero-order chi connectivity index (χ0) is 28.1. The van der Waals surface area contributed by atoms with E-state index in [9.17, 15) is 9.90 Å². The monoisotopic (exact) mass is 520 g/mol. The molecule has 0 aliphatic carbocycles. The summed E-state index contributed by atoms with van der Waals surface area (Å²) in [6.07, 6.45) is 3.91. The van der Waals surface area contributed by atoms with Crippen molar-refractivity contribution < 1.29 is 19.2 Å². The summed E-state index contributed by atoms with van der Waals surface area (Å²) >= 11 is 0. The van der Waals surface area contributed by atoms with Crippen molar-refractivity contribution in [3.63, 3.8) is 0 Å². The summed E-state index contributed by atoms with van der Waals surface area (Å²) in [6.45, 7) is 12.0. The largest absolute Gasteiger partial charge is 0.508 e. The number of carbonyl (C=O) groups is 1. The van der Waals surface area contributed by atoms with Crippen molar-refractivity contribution in [2.75, 3.05) is 18.2 Å². The van der Waals surface area contributed by atoms with Crippen LogP contribution in [0.25, 0.3) is 5.57 Å². The van der Waals surface area contributed by atoms with Crippen LogP contribution in [-0.2, 0) is 24.2 Å². The maximum absolute atomic E-state index is 12.5. The standard InChI is InChI=1S/C26H30N6O4.C2H6/c1-5-19(26(35-4)28-7-3)16-9-11-22(33)18(12-16)14-29-21-10-8-17(13-20(21)27)25(34)30-15-23-31-24(6-2)36-32-23;1-2/h5,7-13,29,33H,1,6,14-15,27H2,2-4H3,(H,30,34);1-2H3/b26-19-,28-7-;. The second-order valence-electron chi connectivity index (χ2n) is 7.65. The van der Waals surface area contributed by atoms with E-state index in [-0.39, 0.29) is 24.7 Å². The van der Waals surface area contributed by atoms with Gasteiger partial charge in [-0.25, -0.2) is 4.99 Å². The minimum atomic E-state index is -0.311. The molecule has 202 valence electrons. The highest BCUT2D eigenvalue weighted by Gasteiger charge is 2.13. The van der Waals surface area contributed by atoms with Gasteiger partial charge in [0.15, 0.2) is 5.82 Å². The minimum Gasteiger partial charge on any atom is -0.508 e. The third-order valence-corrected chi connectivity index (χ3v) is 5.27. The topological polar surface area (TPSA) is 148 Å². The number of rotatable bonds is 11. The molecule has 1 heterocycles. The number of amides is 1. The van der Waals surface area contributed by atoms with Crippen molar-refractivity contribution in [2.24, 2.45) is 4.99 Å². The van der Waals surface area contributed by atoms with Crippen LogP contribution in [0.3, 0.4) is 0 Å². The number of nitrogen functional groups attached to an aromatic ring is 1. The SMILES string of the molecule is C=C/C(=C(\N=C/C)OC)c1ccc(O)c(CNc2ccc(C(=O)NCc3noc(CC)n3)cc2N)c1.CC. The van der Waals surface area contributed by atoms with E-state index in [0.29, 0.717) is 52.1 Å². The first-order valence-electron chi connectivity index (χ1n) is 12.3. The lowest BCUT2D eigenvalue weighted by atomic mass is 10.0. The van der Waals surface area contributed by atoms with Gasteiger partial charge in [-0.1, -0.05) is 44.6 Å². The molecular weight excluding hydrogens is 484 g/mol. The molecule has 0 saturated heterocycles. The predicted molar refractivity (Wildman–Crippen MR) is 151 cm³/mol. The van der Waals surface area contributed by atoms with E-state index >= 15 is 0 Å². The number of hydrogen-bond donors (Lipinski definition) is 4. The van der Waals surface area contributed by atoms with Gasteiger partial charge in [0, 0.05) is 35.9 Å². The summed E-state index contributed by atoms with van der Waals surface area (Å²) in [5.74, 6) is 1.15. The van der Waals surface area contributed by atoms with E-state index in [1.807, 2.05) is 26.8 Å². The van der Waals surface area contributed by atoms with Gasteiger partial charge in [-0.15, -0.1) is 0 Å². The number of nitrogens with one attached hydrogen (secondary N) is 2. The Bertz CT molecular complexity index is 1300. The molecule has 1 amide bonds. The van der Waals surface area contributed by atoms with Crippen LogP contribution < -0.4 is 16.4 Å². The number of aromatic nitrogens is 2. The molecule has 38 heavy (non-hydrogen) atoms. The van der Waals surface area contributed by atoms with Gasteiger partial charge in [-0.05, 0) is 42.8 Å². The average Bonchev–Trinajstić information content (AvgIpc) is 3.41. The number of hydrogen-bond acceptors (Lipinski definition) is 9. The number of aromatic hydroxyl groups is 1. The number of allylic oxidation sites excluding steroid dienone is 2. The molecule has 0 aliphatic heterocycles. The maximum Gasteiger partial charge on any atom is 0.251 e. The lowest BCUT2D eigenvalue weighted by Gasteiger charge is -2.14. The Morgan fingerprint density at radius 2 is 1.95 bits per heavy atom. The second kappa shape index (κ2) is 14.8. The fraction of sp³-hybridized carbons (Fsp3) is 0.286. The van der Waals surface area contributed by atoms with Crippen LogP contribution in [-0.4, -0.2) is 34.5 Å². The predicted octanol–water partition coefficient (Wildman–Crippen LogP) is 5.08. The maximum atomic E-state index is 12.5. The van der Waals surface area contributed by atoms with Crippen LogP contribution in [0.4, 0.5) is 11.4 Å². The Hall–Kier alpha value is -4.60. The fourth-order valence-corrected chi connectivity index (χ4v) is 3.40. The number of methoxy groups -OCH3 is 1. The zero-order valence-electron chi connectivity index (χ0n) is 22.5. The number of aryl methyl sites for hydroxylation is 1. The van der Waals surface area contributed by atoms with Gasteiger partial charge in [0.2, 0.25) is 11.8 Å². The number of phenols is 1. The quantitative estimate of drug-likeness (QED) is 0.118. The Kier molecular flexibility index (Phi) is 11.6. The Labute approximate surface area is 223 Å². The molecule has 0 aliphatic rings. The van der Waals surface area contributed by atoms with Crippen molar-refractivity contribution in [3.8, 4) is 5.75 Å². The Morgan fingerprint density at radius 3 is 2.55 bits per heavy atom. The molecule has 0 fully saturated rings. The highest BCUT2D eigenvalue weighted by molar-refractivity contribution is 5.96. The van der Waals surface area contributed by atoms with Crippen LogP contribution >= 0.6 is 0 Å². The molecule has 10 nitrogen and oxygen atoms in total. The third kappa shape index (κ3) is 7.70. The van der Waals surface area contributed by atoms with E-state index in [2.05, 4.69) is 32.3 Å².